The second kappa shape index (κ2) is 7.32. The van der Waals surface area contributed by atoms with Crippen molar-refractivity contribution in [1.82, 2.24) is 4.31 Å². The van der Waals surface area contributed by atoms with Crippen molar-refractivity contribution in [2.75, 3.05) is 31.6 Å². The molecule has 1 atom stereocenters. The van der Waals surface area contributed by atoms with Gasteiger partial charge in [-0.1, -0.05) is 12.1 Å². The summed E-state index contributed by atoms with van der Waals surface area (Å²) in [5.41, 5.74) is 2.99. The third-order valence-corrected chi connectivity index (χ3v) is 9.08. The van der Waals surface area contributed by atoms with Crippen molar-refractivity contribution in [3.05, 3.63) is 59.4 Å². The van der Waals surface area contributed by atoms with Gasteiger partial charge in [0.2, 0.25) is 10.0 Å². The van der Waals surface area contributed by atoms with Gasteiger partial charge in [-0.05, 0) is 73.6 Å². The summed E-state index contributed by atoms with van der Waals surface area (Å²) in [6.45, 7) is 1.56. The van der Waals surface area contributed by atoms with E-state index in [4.69, 9.17) is 4.74 Å². The summed E-state index contributed by atoms with van der Waals surface area (Å²) < 4.78 is 47.7. The molecule has 0 N–H and O–H groups in total. The molecule has 5 rings (SSSR count). The van der Waals surface area contributed by atoms with Gasteiger partial charge in [-0.3, -0.25) is 0 Å². The minimum atomic E-state index is -3.52. The first-order chi connectivity index (χ1) is 14.4. The summed E-state index contributed by atoms with van der Waals surface area (Å²) in [5.74, 6) is -0.264. The molecule has 0 saturated carbocycles. The Morgan fingerprint density at radius 1 is 1.07 bits per heavy atom. The Hall–Kier alpha value is -1.96. The average molecular weight is 431 g/mol. The van der Waals surface area contributed by atoms with Crippen molar-refractivity contribution in [1.29, 1.82) is 0 Å². The SMILES string of the molecule is COC1CN(c2cccc(F)c2)C12CCN(S(=O)(=O)c1ccc3c(c1)CCC3)CC2. The van der Waals surface area contributed by atoms with E-state index in [1.807, 2.05) is 18.2 Å². The zero-order valence-electron chi connectivity index (χ0n) is 17.2. The quantitative estimate of drug-likeness (QED) is 0.746. The third kappa shape index (κ3) is 3.06. The van der Waals surface area contributed by atoms with Crippen LogP contribution >= 0.6 is 0 Å². The summed E-state index contributed by atoms with van der Waals surface area (Å²) in [6, 6.07) is 12.2. The highest BCUT2D eigenvalue weighted by Gasteiger charge is 2.56. The Labute approximate surface area is 177 Å². The first-order valence-corrected chi connectivity index (χ1v) is 12.1. The standard InChI is InChI=1S/C23H27FN2O3S/c1-29-22-16-26(20-7-3-6-19(24)15-20)23(22)10-12-25(13-11-23)30(27,28)21-9-8-17-4-2-5-18(17)14-21/h3,6-9,14-15,22H,2,4-5,10-13,16H2,1H3. The lowest BCUT2D eigenvalue weighted by atomic mass is 9.73. The van der Waals surface area contributed by atoms with Crippen LogP contribution in [0.2, 0.25) is 0 Å². The van der Waals surface area contributed by atoms with Gasteiger partial charge in [0.1, 0.15) is 5.82 Å². The molecule has 2 aromatic carbocycles. The Morgan fingerprint density at radius 2 is 1.83 bits per heavy atom. The minimum absolute atomic E-state index is 0.0191. The normalized spacial score (nSPS) is 23.4. The fourth-order valence-electron chi connectivity index (χ4n) is 5.44. The van der Waals surface area contributed by atoms with Gasteiger partial charge in [0.15, 0.2) is 0 Å². The summed E-state index contributed by atoms with van der Waals surface area (Å²) in [6.07, 6.45) is 4.43. The van der Waals surface area contributed by atoms with Crippen molar-refractivity contribution in [3.63, 3.8) is 0 Å². The van der Waals surface area contributed by atoms with Crippen LogP contribution in [0.25, 0.3) is 0 Å². The molecule has 0 amide bonds. The van der Waals surface area contributed by atoms with Crippen LogP contribution in [-0.2, 0) is 27.6 Å². The average Bonchev–Trinajstić information content (AvgIpc) is 3.21. The van der Waals surface area contributed by atoms with E-state index in [-0.39, 0.29) is 17.5 Å². The molecule has 5 nitrogen and oxygen atoms in total. The Morgan fingerprint density at radius 3 is 2.57 bits per heavy atom. The maximum atomic E-state index is 13.8. The van der Waals surface area contributed by atoms with E-state index >= 15 is 0 Å². The van der Waals surface area contributed by atoms with E-state index in [0.29, 0.717) is 37.4 Å². The first kappa shape index (κ1) is 20.0. The molecule has 2 saturated heterocycles. The van der Waals surface area contributed by atoms with Gasteiger partial charge in [-0.15, -0.1) is 0 Å². The number of methoxy groups -OCH3 is 1. The summed E-state index contributed by atoms with van der Waals surface area (Å²) in [4.78, 5) is 2.59. The van der Waals surface area contributed by atoms with Gasteiger partial charge in [0.25, 0.3) is 0 Å². The number of ether oxygens (including phenoxy) is 1. The largest absolute Gasteiger partial charge is 0.377 e. The lowest BCUT2D eigenvalue weighted by molar-refractivity contribution is -0.0383. The summed E-state index contributed by atoms with van der Waals surface area (Å²) in [7, 11) is -1.82. The molecule has 2 fully saturated rings. The van der Waals surface area contributed by atoms with Gasteiger partial charge in [-0.2, -0.15) is 4.31 Å². The van der Waals surface area contributed by atoms with Crippen LogP contribution in [0.15, 0.2) is 47.4 Å². The molecule has 160 valence electrons. The lowest BCUT2D eigenvalue weighted by Gasteiger charge is -2.61. The fourth-order valence-corrected chi connectivity index (χ4v) is 6.94. The van der Waals surface area contributed by atoms with Gasteiger partial charge in [-0.25, -0.2) is 12.8 Å². The van der Waals surface area contributed by atoms with Crippen LogP contribution in [0.4, 0.5) is 10.1 Å². The number of anilines is 1. The Bertz CT molecular complexity index is 1060. The predicted octanol–water partition coefficient (Wildman–Crippen LogP) is 3.37. The van der Waals surface area contributed by atoms with Crippen molar-refractivity contribution < 1.29 is 17.5 Å². The van der Waals surface area contributed by atoms with E-state index in [1.165, 1.54) is 17.2 Å². The highest BCUT2D eigenvalue weighted by atomic mass is 32.2. The number of fused-ring (bicyclic) bond motifs is 1. The van der Waals surface area contributed by atoms with E-state index in [1.54, 1.807) is 29.6 Å². The van der Waals surface area contributed by atoms with Crippen LogP contribution in [0.5, 0.6) is 0 Å². The summed E-state index contributed by atoms with van der Waals surface area (Å²) in [5, 5.41) is 0. The molecule has 7 heteroatoms. The maximum absolute atomic E-state index is 13.8. The number of sulfonamides is 1. The second-order valence-electron chi connectivity index (χ2n) is 8.61. The van der Waals surface area contributed by atoms with Gasteiger partial charge in [0, 0.05) is 32.4 Å². The number of benzene rings is 2. The zero-order valence-corrected chi connectivity index (χ0v) is 18.0. The minimum Gasteiger partial charge on any atom is -0.377 e. The van der Waals surface area contributed by atoms with Gasteiger partial charge >= 0.3 is 0 Å². The third-order valence-electron chi connectivity index (χ3n) is 7.19. The molecule has 0 aromatic heterocycles. The van der Waals surface area contributed by atoms with Crippen molar-refractivity contribution in [3.8, 4) is 0 Å². The number of hydrogen-bond acceptors (Lipinski definition) is 4. The van der Waals surface area contributed by atoms with Crippen LogP contribution in [0, 0.1) is 5.82 Å². The number of rotatable bonds is 4. The zero-order chi connectivity index (χ0) is 20.9. The van der Waals surface area contributed by atoms with Crippen LogP contribution < -0.4 is 4.90 Å². The van der Waals surface area contributed by atoms with Crippen LogP contribution in [0.1, 0.15) is 30.4 Å². The van der Waals surface area contributed by atoms with E-state index in [2.05, 4.69) is 4.90 Å². The number of nitrogens with zero attached hydrogens (tertiary/aromatic N) is 2. The smallest absolute Gasteiger partial charge is 0.243 e. The van der Waals surface area contributed by atoms with Crippen LogP contribution in [-0.4, -0.2) is 51.1 Å². The molecule has 30 heavy (non-hydrogen) atoms. The van der Waals surface area contributed by atoms with E-state index < -0.39 is 10.0 Å². The van der Waals surface area contributed by atoms with Crippen molar-refractivity contribution >= 4 is 15.7 Å². The molecule has 2 aliphatic heterocycles. The van der Waals surface area contributed by atoms with Crippen molar-refractivity contribution in [2.24, 2.45) is 0 Å². The number of hydrogen-bond donors (Lipinski definition) is 0. The Balaban J connectivity index is 1.37. The highest BCUT2D eigenvalue weighted by Crippen LogP contribution is 2.45. The highest BCUT2D eigenvalue weighted by molar-refractivity contribution is 7.89. The lowest BCUT2D eigenvalue weighted by Crippen LogP contribution is -2.74. The van der Waals surface area contributed by atoms with Gasteiger partial charge < -0.3 is 9.64 Å². The molecular weight excluding hydrogens is 403 g/mol. The Kier molecular flexibility index (Phi) is 4.87. The van der Waals surface area contributed by atoms with Crippen LogP contribution in [0.3, 0.4) is 0 Å². The van der Waals surface area contributed by atoms with Crippen molar-refractivity contribution in [2.45, 2.75) is 48.6 Å². The number of aryl methyl sites for hydroxylation is 2. The number of piperidine rings is 1. The molecule has 1 spiro atoms. The number of halogens is 1. The van der Waals surface area contributed by atoms with E-state index in [9.17, 15) is 12.8 Å². The molecule has 3 aliphatic rings. The predicted molar refractivity (Wildman–Crippen MR) is 114 cm³/mol. The monoisotopic (exact) mass is 430 g/mol. The second-order valence-corrected chi connectivity index (χ2v) is 10.5. The molecule has 1 unspecified atom stereocenters. The summed E-state index contributed by atoms with van der Waals surface area (Å²) >= 11 is 0. The topological polar surface area (TPSA) is 49.9 Å². The molecule has 0 radical (unpaired) electrons. The molecular formula is C23H27FN2O3S. The molecule has 0 bridgehead atoms. The first-order valence-electron chi connectivity index (χ1n) is 10.6. The fraction of sp³-hybridized carbons (Fsp3) is 0.478. The van der Waals surface area contributed by atoms with Gasteiger partial charge in [0.05, 0.1) is 16.5 Å². The molecule has 1 aliphatic carbocycles. The molecule has 2 aromatic rings. The molecule has 2 heterocycles. The van der Waals surface area contributed by atoms with E-state index in [0.717, 1.165) is 24.9 Å². The maximum Gasteiger partial charge on any atom is 0.243 e.